The molecule has 9 N–H and O–H groups in total. The number of benzene rings is 1. The molecule has 0 aliphatic carbocycles. The molecule has 8 nitrogen and oxygen atoms in total. The Morgan fingerprint density at radius 1 is 1.39 bits per heavy atom. The van der Waals surface area contributed by atoms with Crippen LogP contribution in [0.1, 0.15) is 31.9 Å². The molecule has 1 saturated heterocycles. The molecule has 0 spiro atoms. The van der Waals surface area contributed by atoms with Crippen molar-refractivity contribution in [3.63, 3.8) is 0 Å². The summed E-state index contributed by atoms with van der Waals surface area (Å²) in [6.45, 7) is 14.0. The summed E-state index contributed by atoms with van der Waals surface area (Å²) in [6.07, 6.45) is 6.66. The van der Waals surface area contributed by atoms with Gasteiger partial charge in [-0.05, 0) is 56.8 Å². The Balaban J connectivity index is 0.000000328. The van der Waals surface area contributed by atoms with Crippen LogP contribution >= 0.6 is 11.6 Å². The van der Waals surface area contributed by atoms with Gasteiger partial charge in [-0.15, -0.1) is 0 Å². The maximum Gasteiger partial charge on any atom is 0.0918 e. The van der Waals surface area contributed by atoms with Crippen LogP contribution in [-0.2, 0) is 6.54 Å². The number of hydrogen-bond acceptors (Lipinski definition) is 7. The first kappa shape index (κ1) is 26.4. The van der Waals surface area contributed by atoms with E-state index in [9.17, 15) is 0 Å². The van der Waals surface area contributed by atoms with E-state index in [1.165, 1.54) is 11.4 Å². The van der Waals surface area contributed by atoms with Crippen molar-refractivity contribution in [2.75, 3.05) is 26.2 Å². The number of nitrogens with two attached hydrogens (primary N) is 3. The number of fused-ring (bicyclic) bond motifs is 1. The first-order chi connectivity index (χ1) is 15.8. The van der Waals surface area contributed by atoms with Crippen molar-refractivity contribution in [1.82, 2.24) is 25.5 Å². The van der Waals surface area contributed by atoms with Gasteiger partial charge in [0.15, 0.2) is 0 Å². The van der Waals surface area contributed by atoms with Crippen LogP contribution in [0.15, 0.2) is 61.3 Å². The number of nitrogens with zero attached hydrogens (tertiary/aromatic N) is 2. The van der Waals surface area contributed by atoms with Crippen LogP contribution < -0.4 is 27.9 Å². The van der Waals surface area contributed by atoms with Gasteiger partial charge in [-0.25, -0.2) is 5.84 Å². The minimum absolute atomic E-state index is 0.420. The molecule has 0 radical (unpaired) electrons. The smallest absolute Gasteiger partial charge is 0.0918 e. The van der Waals surface area contributed by atoms with Crippen LogP contribution in [0.2, 0.25) is 5.02 Å². The Morgan fingerprint density at radius 3 is 2.88 bits per heavy atom. The molecule has 2 aromatic rings. The van der Waals surface area contributed by atoms with Gasteiger partial charge in [0.25, 0.3) is 0 Å². The van der Waals surface area contributed by atoms with E-state index in [1.54, 1.807) is 6.20 Å². The Morgan fingerprint density at radius 2 is 2.18 bits per heavy atom. The highest BCUT2D eigenvalue weighted by Crippen LogP contribution is 2.20. The molecular formula is C24H39ClN8. The molecule has 1 aliphatic rings. The molecular weight excluding hydrogens is 436 g/mol. The van der Waals surface area contributed by atoms with E-state index in [-0.39, 0.29) is 0 Å². The summed E-state index contributed by atoms with van der Waals surface area (Å²) >= 11 is 6.02. The Kier molecular flexibility index (Phi) is 11.0. The van der Waals surface area contributed by atoms with Crippen LogP contribution in [0.4, 0.5) is 0 Å². The number of hydrazine groups is 1. The van der Waals surface area contributed by atoms with Crippen LogP contribution in [0, 0.1) is 0 Å². The van der Waals surface area contributed by atoms with Crippen LogP contribution in [0.3, 0.4) is 0 Å². The maximum atomic E-state index is 6.02. The van der Waals surface area contributed by atoms with Crippen LogP contribution in [-0.4, -0.2) is 47.1 Å². The van der Waals surface area contributed by atoms with E-state index in [1.807, 2.05) is 31.3 Å². The van der Waals surface area contributed by atoms with Gasteiger partial charge in [-0.1, -0.05) is 24.8 Å². The summed E-state index contributed by atoms with van der Waals surface area (Å²) in [7, 11) is 0. The number of nitrogens with one attached hydrogen (secondary N) is 3. The van der Waals surface area contributed by atoms with Crippen molar-refractivity contribution >= 4 is 22.5 Å². The summed E-state index contributed by atoms with van der Waals surface area (Å²) in [4.78, 5) is 5.63. The average molecular weight is 475 g/mol. The second-order valence-electron chi connectivity index (χ2n) is 8.09. The number of halogens is 1. The second-order valence-corrected chi connectivity index (χ2v) is 8.53. The zero-order chi connectivity index (χ0) is 24.2. The third kappa shape index (κ3) is 9.29. The third-order valence-electron chi connectivity index (χ3n) is 5.35. The largest absolute Gasteiger partial charge is 0.401 e. The van der Waals surface area contributed by atoms with Crippen molar-refractivity contribution in [3.05, 3.63) is 72.1 Å². The summed E-state index contributed by atoms with van der Waals surface area (Å²) in [5.41, 5.74) is 13.7. The van der Waals surface area contributed by atoms with Crippen molar-refractivity contribution in [3.8, 4) is 0 Å². The molecule has 0 amide bonds. The third-order valence-corrected chi connectivity index (χ3v) is 5.59. The Hall–Kier alpha value is -2.81. The van der Waals surface area contributed by atoms with E-state index < -0.39 is 0 Å². The molecule has 1 unspecified atom stereocenters. The fourth-order valence-electron chi connectivity index (χ4n) is 3.58. The van der Waals surface area contributed by atoms with E-state index >= 15 is 0 Å². The lowest BCUT2D eigenvalue weighted by atomic mass is 10.1. The minimum Gasteiger partial charge on any atom is -0.401 e. The predicted octanol–water partition coefficient (Wildman–Crippen LogP) is 2.91. The summed E-state index contributed by atoms with van der Waals surface area (Å²) in [6, 6.07) is 8.40. The van der Waals surface area contributed by atoms with Gasteiger partial charge in [0.2, 0.25) is 0 Å². The molecule has 1 fully saturated rings. The molecule has 1 aromatic carbocycles. The van der Waals surface area contributed by atoms with Gasteiger partial charge in [-0.3, -0.25) is 0 Å². The number of aromatic nitrogens is 1. The molecule has 1 aliphatic heterocycles. The monoisotopic (exact) mass is 474 g/mol. The van der Waals surface area contributed by atoms with Crippen LogP contribution in [0.5, 0.6) is 0 Å². The molecule has 3 rings (SSSR count). The zero-order valence-electron chi connectivity index (χ0n) is 19.6. The van der Waals surface area contributed by atoms with Gasteiger partial charge in [0, 0.05) is 65.6 Å². The van der Waals surface area contributed by atoms with E-state index in [4.69, 9.17) is 28.9 Å². The molecule has 182 valence electrons. The van der Waals surface area contributed by atoms with E-state index in [0.29, 0.717) is 25.6 Å². The first-order valence-corrected chi connectivity index (χ1v) is 11.7. The topological polar surface area (TPSA) is 124 Å². The molecule has 1 aromatic heterocycles. The minimum atomic E-state index is 0.420. The van der Waals surface area contributed by atoms with Crippen molar-refractivity contribution in [1.29, 1.82) is 0 Å². The molecule has 0 saturated carbocycles. The second kappa shape index (κ2) is 13.7. The summed E-state index contributed by atoms with van der Waals surface area (Å²) in [5, 5.41) is 10.2. The maximum absolute atomic E-state index is 6.02. The predicted molar refractivity (Wildman–Crippen MR) is 140 cm³/mol. The van der Waals surface area contributed by atoms with Crippen LogP contribution in [0.25, 0.3) is 10.9 Å². The number of likely N-dealkylation sites (tertiary alicyclic amines) is 1. The molecule has 0 bridgehead atoms. The SMILES string of the molecule is C=CN1CCCC(NC(=C)NCc2cc3cc(Cl)ccc3[nH]2)C1.CCN(N)/C=C(\N)CCN. The Labute approximate surface area is 202 Å². The quantitative estimate of drug-likeness (QED) is 0.231. The van der Waals surface area contributed by atoms with Crippen molar-refractivity contribution in [2.24, 2.45) is 17.3 Å². The Bertz CT molecular complexity index is 922. The van der Waals surface area contributed by atoms with Crippen molar-refractivity contribution < 1.29 is 0 Å². The van der Waals surface area contributed by atoms with Crippen molar-refractivity contribution in [2.45, 2.75) is 38.8 Å². The lowest BCUT2D eigenvalue weighted by molar-refractivity contribution is 0.259. The lowest BCUT2D eigenvalue weighted by Crippen LogP contribution is -2.44. The number of rotatable bonds is 10. The van der Waals surface area contributed by atoms with Gasteiger partial charge < -0.3 is 37.0 Å². The first-order valence-electron chi connectivity index (χ1n) is 11.3. The van der Waals surface area contributed by atoms with E-state index in [0.717, 1.165) is 59.2 Å². The fraction of sp³-hybridized carbons (Fsp3) is 0.417. The number of aromatic amines is 1. The fourth-order valence-corrected chi connectivity index (χ4v) is 3.76. The highest BCUT2D eigenvalue weighted by Gasteiger charge is 2.17. The number of hydrogen-bond donors (Lipinski definition) is 6. The molecule has 9 heteroatoms. The van der Waals surface area contributed by atoms with Gasteiger partial charge in [0.1, 0.15) is 0 Å². The molecule has 33 heavy (non-hydrogen) atoms. The van der Waals surface area contributed by atoms with Gasteiger partial charge >= 0.3 is 0 Å². The summed E-state index contributed by atoms with van der Waals surface area (Å²) < 4.78 is 0. The zero-order valence-corrected chi connectivity index (χ0v) is 20.4. The van der Waals surface area contributed by atoms with Gasteiger partial charge in [0.05, 0.1) is 12.4 Å². The molecule has 2 heterocycles. The molecule has 1 atom stereocenters. The highest BCUT2D eigenvalue weighted by molar-refractivity contribution is 6.31. The van der Waals surface area contributed by atoms with Gasteiger partial charge in [-0.2, -0.15) is 0 Å². The van der Waals surface area contributed by atoms with E-state index in [2.05, 4.69) is 39.7 Å². The normalized spacial score (nSPS) is 16.1. The average Bonchev–Trinajstić information content (AvgIpc) is 3.20. The number of H-pyrrole nitrogens is 1. The standard InChI is InChI=1S/C18H23ClN4.C6H16N4/c1-3-23-8-4-5-16(12-23)21-13(2)20-11-17-10-14-9-15(19)6-7-18(14)22-17;1-2-10(9)5-6(8)3-4-7/h3,6-7,9-10,16,20-22H,1-2,4-5,8,11-12H2;5H,2-4,7-9H2,1H3/b;6-5-. The highest BCUT2D eigenvalue weighted by atomic mass is 35.5. The summed E-state index contributed by atoms with van der Waals surface area (Å²) in [5.74, 6) is 6.30. The lowest BCUT2D eigenvalue weighted by Gasteiger charge is -2.33. The number of piperidine rings is 1.